The van der Waals surface area contributed by atoms with Crippen LogP contribution in [0.1, 0.15) is 24.9 Å². The Bertz CT molecular complexity index is 524. The van der Waals surface area contributed by atoms with E-state index in [1.807, 2.05) is 31.2 Å². The molecule has 0 radical (unpaired) electrons. The van der Waals surface area contributed by atoms with Crippen molar-refractivity contribution in [1.82, 2.24) is 20.1 Å². The van der Waals surface area contributed by atoms with E-state index in [4.69, 9.17) is 11.6 Å². The third kappa shape index (κ3) is 3.79. The minimum atomic E-state index is -0.0905. The van der Waals surface area contributed by atoms with E-state index in [2.05, 4.69) is 15.4 Å². The molecule has 1 atom stereocenters. The van der Waals surface area contributed by atoms with Gasteiger partial charge in [0.05, 0.1) is 6.04 Å². The number of hydrogen-bond acceptors (Lipinski definition) is 3. The standard InChI is InChI=1S/C13H15ClN4O/c1-2-12(10-3-5-11(14)6-4-10)17-13(19)7-18-9-15-8-16-18/h3-6,8-9,12H,2,7H2,1H3,(H,17,19). The highest BCUT2D eigenvalue weighted by atomic mass is 35.5. The van der Waals surface area contributed by atoms with E-state index in [0.717, 1.165) is 12.0 Å². The quantitative estimate of drug-likeness (QED) is 0.912. The summed E-state index contributed by atoms with van der Waals surface area (Å²) < 4.78 is 1.49. The molecule has 1 aromatic carbocycles. The van der Waals surface area contributed by atoms with Gasteiger partial charge in [-0.2, -0.15) is 5.10 Å². The Balaban J connectivity index is 1.98. The molecule has 0 aliphatic heterocycles. The average Bonchev–Trinajstić information content (AvgIpc) is 2.90. The van der Waals surface area contributed by atoms with E-state index in [9.17, 15) is 4.79 Å². The molecule has 1 unspecified atom stereocenters. The zero-order chi connectivity index (χ0) is 13.7. The van der Waals surface area contributed by atoms with E-state index in [1.165, 1.54) is 17.3 Å². The summed E-state index contributed by atoms with van der Waals surface area (Å²) in [7, 11) is 0. The zero-order valence-corrected chi connectivity index (χ0v) is 11.3. The summed E-state index contributed by atoms with van der Waals surface area (Å²) in [5, 5.41) is 7.56. The molecule has 0 aliphatic carbocycles. The second-order valence-electron chi connectivity index (χ2n) is 4.17. The zero-order valence-electron chi connectivity index (χ0n) is 10.6. The van der Waals surface area contributed by atoms with Gasteiger partial charge in [0, 0.05) is 5.02 Å². The number of hydrogen-bond donors (Lipinski definition) is 1. The molecule has 1 N–H and O–H groups in total. The predicted molar refractivity (Wildman–Crippen MR) is 72.6 cm³/mol. The molecule has 0 spiro atoms. The molecule has 1 aromatic heterocycles. The molecule has 2 rings (SSSR count). The number of benzene rings is 1. The number of halogens is 1. The minimum Gasteiger partial charge on any atom is -0.348 e. The van der Waals surface area contributed by atoms with Crippen molar-refractivity contribution in [3.05, 3.63) is 47.5 Å². The van der Waals surface area contributed by atoms with Crippen molar-refractivity contribution in [2.45, 2.75) is 25.9 Å². The highest BCUT2D eigenvalue weighted by Crippen LogP contribution is 2.19. The molecule has 6 heteroatoms. The number of carbonyl (C=O) groups excluding carboxylic acids is 1. The van der Waals surface area contributed by atoms with Crippen LogP contribution in [0.15, 0.2) is 36.9 Å². The Morgan fingerprint density at radius 3 is 2.74 bits per heavy atom. The molecule has 2 aromatic rings. The fourth-order valence-electron chi connectivity index (χ4n) is 1.82. The summed E-state index contributed by atoms with van der Waals surface area (Å²) in [5.41, 5.74) is 1.04. The van der Waals surface area contributed by atoms with Crippen LogP contribution in [0.25, 0.3) is 0 Å². The van der Waals surface area contributed by atoms with Crippen LogP contribution in [0.2, 0.25) is 5.02 Å². The van der Waals surface area contributed by atoms with Gasteiger partial charge in [-0.15, -0.1) is 0 Å². The van der Waals surface area contributed by atoms with Crippen molar-refractivity contribution in [3.8, 4) is 0 Å². The molecule has 1 amide bonds. The molecule has 1 heterocycles. The Hall–Kier alpha value is -1.88. The van der Waals surface area contributed by atoms with E-state index in [0.29, 0.717) is 5.02 Å². The lowest BCUT2D eigenvalue weighted by Gasteiger charge is -2.17. The maximum Gasteiger partial charge on any atom is 0.242 e. The lowest BCUT2D eigenvalue weighted by Crippen LogP contribution is -2.31. The molecule has 0 bridgehead atoms. The van der Waals surface area contributed by atoms with Gasteiger partial charge in [-0.1, -0.05) is 30.7 Å². The molecule has 19 heavy (non-hydrogen) atoms. The van der Waals surface area contributed by atoms with Crippen molar-refractivity contribution < 1.29 is 4.79 Å². The number of rotatable bonds is 5. The van der Waals surface area contributed by atoms with Gasteiger partial charge in [-0.25, -0.2) is 9.67 Å². The summed E-state index contributed by atoms with van der Waals surface area (Å²) >= 11 is 5.85. The molecule has 5 nitrogen and oxygen atoms in total. The van der Waals surface area contributed by atoms with Gasteiger partial charge in [0.2, 0.25) is 5.91 Å². The molecule has 0 fully saturated rings. The Morgan fingerprint density at radius 1 is 1.42 bits per heavy atom. The first-order chi connectivity index (χ1) is 9.19. The fraction of sp³-hybridized carbons (Fsp3) is 0.308. The highest BCUT2D eigenvalue weighted by Gasteiger charge is 2.13. The summed E-state index contributed by atoms with van der Waals surface area (Å²) in [6.07, 6.45) is 3.73. The maximum atomic E-state index is 11.9. The summed E-state index contributed by atoms with van der Waals surface area (Å²) in [6.45, 7) is 2.19. The number of carbonyl (C=O) groups is 1. The maximum absolute atomic E-state index is 11.9. The SMILES string of the molecule is CCC(NC(=O)Cn1cncn1)c1ccc(Cl)cc1. The van der Waals surface area contributed by atoms with E-state index >= 15 is 0 Å². The topological polar surface area (TPSA) is 59.8 Å². The first-order valence-corrected chi connectivity index (χ1v) is 6.44. The fourth-order valence-corrected chi connectivity index (χ4v) is 1.94. The van der Waals surface area contributed by atoms with Crippen molar-refractivity contribution >= 4 is 17.5 Å². The second-order valence-corrected chi connectivity index (χ2v) is 4.61. The first kappa shape index (κ1) is 13.5. The average molecular weight is 279 g/mol. The Morgan fingerprint density at radius 2 is 2.16 bits per heavy atom. The molecule has 0 saturated heterocycles. The third-order valence-corrected chi connectivity index (χ3v) is 3.04. The van der Waals surface area contributed by atoms with Crippen LogP contribution < -0.4 is 5.32 Å². The molecule has 0 saturated carbocycles. The number of aromatic nitrogens is 3. The molecular formula is C13H15ClN4O. The van der Waals surface area contributed by atoms with Gasteiger partial charge >= 0.3 is 0 Å². The lowest BCUT2D eigenvalue weighted by atomic mass is 10.0. The van der Waals surface area contributed by atoms with E-state index in [-0.39, 0.29) is 18.5 Å². The predicted octanol–water partition coefficient (Wildman–Crippen LogP) is 2.20. The van der Waals surface area contributed by atoms with Gasteiger partial charge < -0.3 is 5.32 Å². The van der Waals surface area contributed by atoms with Gasteiger partial charge in [0.1, 0.15) is 19.2 Å². The molecular weight excluding hydrogens is 264 g/mol. The largest absolute Gasteiger partial charge is 0.348 e. The summed E-state index contributed by atoms with van der Waals surface area (Å²) in [5.74, 6) is -0.0905. The van der Waals surface area contributed by atoms with Gasteiger partial charge in [0.25, 0.3) is 0 Å². The number of nitrogens with zero attached hydrogens (tertiary/aromatic N) is 3. The summed E-state index contributed by atoms with van der Waals surface area (Å²) in [4.78, 5) is 15.7. The molecule has 100 valence electrons. The number of nitrogens with one attached hydrogen (secondary N) is 1. The van der Waals surface area contributed by atoms with Crippen LogP contribution in [0.4, 0.5) is 0 Å². The van der Waals surface area contributed by atoms with Crippen LogP contribution >= 0.6 is 11.6 Å². The van der Waals surface area contributed by atoms with Gasteiger partial charge in [0.15, 0.2) is 0 Å². The van der Waals surface area contributed by atoms with E-state index in [1.54, 1.807) is 0 Å². The summed E-state index contributed by atoms with van der Waals surface area (Å²) in [6, 6.07) is 7.47. The van der Waals surface area contributed by atoms with Crippen LogP contribution in [-0.4, -0.2) is 20.7 Å². The Kier molecular flexibility index (Phi) is 4.52. The second kappa shape index (κ2) is 6.33. The Labute approximate surface area is 116 Å². The normalized spacial score (nSPS) is 12.1. The minimum absolute atomic E-state index is 0.0201. The molecule has 0 aliphatic rings. The first-order valence-electron chi connectivity index (χ1n) is 6.06. The van der Waals surface area contributed by atoms with Crippen molar-refractivity contribution in [2.75, 3.05) is 0 Å². The lowest BCUT2D eigenvalue weighted by molar-refractivity contribution is -0.122. The van der Waals surface area contributed by atoms with Gasteiger partial charge in [-0.3, -0.25) is 4.79 Å². The van der Waals surface area contributed by atoms with E-state index < -0.39 is 0 Å². The smallest absolute Gasteiger partial charge is 0.242 e. The van der Waals surface area contributed by atoms with Crippen LogP contribution in [0.5, 0.6) is 0 Å². The van der Waals surface area contributed by atoms with Crippen molar-refractivity contribution in [3.63, 3.8) is 0 Å². The van der Waals surface area contributed by atoms with Crippen LogP contribution in [0.3, 0.4) is 0 Å². The van der Waals surface area contributed by atoms with Gasteiger partial charge in [-0.05, 0) is 24.1 Å². The third-order valence-electron chi connectivity index (χ3n) is 2.79. The van der Waals surface area contributed by atoms with Crippen molar-refractivity contribution in [2.24, 2.45) is 0 Å². The van der Waals surface area contributed by atoms with Crippen LogP contribution in [-0.2, 0) is 11.3 Å². The number of amides is 1. The van der Waals surface area contributed by atoms with Crippen LogP contribution in [0, 0.1) is 0 Å². The monoisotopic (exact) mass is 278 g/mol. The highest BCUT2D eigenvalue weighted by molar-refractivity contribution is 6.30. The van der Waals surface area contributed by atoms with Crippen molar-refractivity contribution in [1.29, 1.82) is 0 Å².